The molecule has 0 N–H and O–H groups in total. The fraction of sp³-hybridized carbons (Fsp3) is 1.00. The third-order valence-electron chi connectivity index (χ3n) is 1.86. The minimum Gasteiger partial charge on any atom is -0.208 e. The highest BCUT2D eigenvalue weighted by atomic mass is 32.2. The number of rotatable bonds is 8. The zero-order valence-electron chi connectivity index (χ0n) is 11.1. The van der Waals surface area contributed by atoms with Gasteiger partial charge in [0.2, 0.25) is 0 Å². The van der Waals surface area contributed by atoms with Gasteiger partial charge in [0.25, 0.3) is 0 Å². The summed E-state index contributed by atoms with van der Waals surface area (Å²) in [6, 6.07) is 0. The topological polar surface area (TPSA) is 14.1 Å². The van der Waals surface area contributed by atoms with Crippen molar-refractivity contribution in [3.8, 4) is 0 Å². The van der Waals surface area contributed by atoms with Gasteiger partial charge in [-0.3, -0.25) is 0 Å². The van der Waals surface area contributed by atoms with Crippen LogP contribution >= 0.6 is 23.5 Å². The van der Waals surface area contributed by atoms with Crippen LogP contribution in [0.25, 0.3) is 0 Å². The van der Waals surface area contributed by atoms with Gasteiger partial charge in [-0.15, -0.1) is 23.5 Å². The van der Waals surface area contributed by atoms with Gasteiger partial charge in [-0.2, -0.15) is 0 Å². The Morgan fingerprint density at radius 2 is 1.13 bits per heavy atom. The molecule has 3 heteroatoms. The molecule has 0 bridgehead atoms. The lowest BCUT2D eigenvalue weighted by atomic mass is 10.3. The van der Waals surface area contributed by atoms with Crippen molar-refractivity contribution in [3.05, 3.63) is 0 Å². The number of nitrogens with zero attached hydrogens (tertiary/aromatic N) is 1. The molecule has 1 radical (unpaired) electrons. The number of hydrogen-bond acceptors (Lipinski definition) is 2. The zero-order valence-corrected chi connectivity index (χ0v) is 12.7. The molecule has 0 aromatic carbocycles. The molecule has 15 heavy (non-hydrogen) atoms. The molecule has 0 heterocycles. The average molecular weight is 248 g/mol. The highest BCUT2D eigenvalue weighted by Gasteiger charge is 2.29. The van der Waals surface area contributed by atoms with E-state index < -0.39 is 0 Å². The van der Waals surface area contributed by atoms with Crippen LogP contribution in [0.5, 0.6) is 0 Å². The third-order valence-corrected chi connectivity index (χ3v) is 4.68. The summed E-state index contributed by atoms with van der Waals surface area (Å²) in [4.78, 5) is 0.112. The fourth-order valence-corrected chi connectivity index (χ4v) is 3.47. The summed E-state index contributed by atoms with van der Waals surface area (Å²) in [6.07, 6.45) is 2.46. The van der Waals surface area contributed by atoms with Gasteiger partial charge in [0, 0.05) is 0 Å². The van der Waals surface area contributed by atoms with Crippen LogP contribution in [-0.4, -0.2) is 21.2 Å². The summed E-state index contributed by atoms with van der Waals surface area (Å²) in [5, 5.41) is 4.94. The summed E-state index contributed by atoms with van der Waals surface area (Å²) in [5.41, 5.74) is 0. The maximum absolute atomic E-state index is 4.94. The molecule has 91 valence electrons. The maximum Gasteiger partial charge on any atom is 0.0767 e. The lowest BCUT2D eigenvalue weighted by Crippen LogP contribution is -2.42. The summed E-state index contributed by atoms with van der Waals surface area (Å²) >= 11 is 3.92. The van der Waals surface area contributed by atoms with E-state index in [1.807, 2.05) is 23.5 Å². The standard InChI is InChI=1S/C12H26NS2/c1-7-9-14-11(3,4)13-12(5,6)15-10-8-2/h7-10H2,1-6H3. The molecule has 0 spiro atoms. The van der Waals surface area contributed by atoms with Crippen LogP contribution in [0.15, 0.2) is 0 Å². The van der Waals surface area contributed by atoms with E-state index in [4.69, 9.17) is 5.32 Å². The quantitative estimate of drug-likeness (QED) is 0.634. The lowest BCUT2D eigenvalue weighted by Gasteiger charge is -2.34. The molecule has 0 rings (SSSR count). The Bertz CT molecular complexity index is 149. The minimum absolute atomic E-state index is 0.0558. The van der Waals surface area contributed by atoms with Crippen molar-refractivity contribution >= 4 is 23.5 Å². The normalized spacial score (nSPS) is 13.2. The second-order valence-electron chi connectivity index (χ2n) is 4.70. The van der Waals surface area contributed by atoms with E-state index in [2.05, 4.69) is 41.5 Å². The number of hydrogen-bond donors (Lipinski definition) is 0. The van der Waals surface area contributed by atoms with Gasteiger partial charge >= 0.3 is 0 Å². The molecule has 0 aliphatic heterocycles. The largest absolute Gasteiger partial charge is 0.208 e. The molecular formula is C12H26NS2. The van der Waals surface area contributed by atoms with Crippen molar-refractivity contribution in [2.45, 2.75) is 64.1 Å². The molecule has 0 aliphatic carbocycles. The Hall–Kier alpha value is 0.660. The molecule has 0 aromatic rings. The van der Waals surface area contributed by atoms with Crippen LogP contribution in [0.3, 0.4) is 0 Å². The van der Waals surface area contributed by atoms with Gasteiger partial charge in [-0.1, -0.05) is 13.8 Å². The predicted molar refractivity (Wildman–Crippen MR) is 75.8 cm³/mol. The third kappa shape index (κ3) is 8.47. The SMILES string of the molecule is CCCSC(C)(C)[N]C(C)(C)SCCC. The fourth-order valence-electron chi connectivity index (χ4n) is 1.42. The highest BCUT2D eigenvalue weighted by molar-refractivity contribution is 8.01. The summed E-state index contributed by atoms with van der Waals surface area (Å²) in [5.74, 6) is 2.40. The molecule has 0 amide bonds. The Morgan fingerprint density at radius 1 is 0.800 bits per heavy atom. The van der Waals surface area contributed by atoms with Crippen molar-refractivity contribution in [2.24, 2.45) is 0 Å². The second-order valence-corrected chi connectivity index (χ2v) is 8.09. The molecule has 0 fully saturated rings. The van der Waals surface area contributed by atoms with Crippen molar-refractivity contribution in [1.29, 1.82) is 0 Å². The number of thioether (sulfide) groups is 2. The molecule has 0 aliphatic rings. The van der Waals surface area contributed by atoms with Crippen molar-refractivity contribution in [1.82, 2.24) is 5.32 Å². The Morgan fingerprint density at radius 3 is 1.40 bits per heavy atom. The molecule has 0 atom stereocenters. The van der Waals surface area contributed by atoms with Crippen LogP contribution in [-0.2, 0) is 0 Å². The monoisotopic (exact) mass is 248 g/mol. The van der Waals surface area contributed by atoms with E-state index in [9.17, 15) is 0 Å². The first kappa shape index (κ1) is 15.7. The Kier molecular flexibility index (Phi) is 7.39. The van der Waals surface area contributed by atoms with Crippen LogP contribution < -0.4 is 5.32 Å². The van der Waals surface area contributed by atoms with Gasteiger partial charge in [0.1, 0.15) is 0 Å². The van der Waals surface area contributed by atoms with E-state index in [1.54, 1.807) is 0 Å². The summed E-state index contributed by atoms with van der Waals surface area (Å²) in [7, 11) is 0. The van der Waals surface area contributed by atoms with E-state index in [0.717, 1.165) is 0 Å². The molecular weight excluding hydrogens is 222 g/mol. The smallest absolute Gasteiger partial charge is 0.0767 e. The van der Waals surface area contributed by atoms with E-state index in [-0.39, 0.29) is 9.74 Å². The first-order valence-electron chi connectivity index (χ1n) is 5.85. The molecule has 1 nitrogen and oxygen atoms in total. The highest BCUT2D eigenvalue weighted by Crippen LogP contribution is 2.32. The van der Waals surface area contributed by atoms with E-state index in [1.165, 1.54) is 24.3 Å². The van der Waals surface area contributed by atoms with Crippen molar-refractivity contribution < 1.29 is 0 Å². The summed E-state index contributed by atoms with van der Waals surface area (Å²) in [6.45, 7) is 13.3. The van der Waals surface area contributed by atoms with Crippen molar-refractivity contribution in [3.63, 3.8) is 0 Å². The zero-order chi connectivity index (χ0) is 11.9. The Labute approximate surface area is 105 Å². The van der Waals surface area contributed by atoms with Gasteiger partial charge in [-0.05, 0) is 52.0 Å². The first-order valence-corrected chi connectivity index (χ1v) is 7.82. The predicted octanol–water partition coefficient (Wildman–Crippen LogP) is 4.35. The van der Waals surface area contributed by atoms with Crippen LogP contribution in [0.1, 0.15) is 54.4 Å². The molecule has 0 aromatic heterocycles. The van der Waals surface area contributed by atoms with Crippen LogP contribution in [0.4, 0.5) is 0 Å². The molecule has 0 saturated heterocycles. The van der Waals surface area contributed by atoms with E-state index >= 15 is 0 Å². The van der Waals surface area contributed by atoms with Gasteiger partial charge in [-0.25, -0.2) is 5.32 Å². The average Bonchev–Trinajstić information content (AvgIpc) is 2.10. The first-order chi connectivity index (χ1) is 6.83. The molecule has 0 unspecified atom stereocenters. The van der Waals surface area contributed by atoms with Crippen molar-refractivity contribution in [2.75, 3.05) is 11.5 Å². The van der Waals surface area contributed by atoms with Gasteiger partial charge < -0.3 is 0 Å². The Balaban J connectivity index is 4.04. The van der Waals surface area contributed by atoms with Gasteiger partial charge in [0.05, 0.1) is 9.74 Å². The summed E-state index contributed by atoms with van der Waals surface area (Å²) < 4.78 is 0. The maximum atomic E-state index is 4.94. The van der Waals surface area contributed by atoms with Gasteiger partial charge in [0.15, 0.2) is 0 Å². The van der Waals surface area contributed by atoms with Crippen LogP contribution in [0.2, 0.25) is 0 Å². The minimum atomic E-state index is 0.0558. The van der Waals surface area contributed by atoms with Crippen LogP contribution in [0, 0.1) is 0 Å². The van der Waals surface area contributed by atoms with E-state index in [0.29, 0.717) is 0 Å². The molecule has 0 saturated carbocycles. The lowest BCUT2D eigenvalue weighted by molar-refractivity contribution is 0.436. The second kappa shape index (κ2) is 7.08.